The Kier molecular flexibility index (Phi) is 7.99. The van der Waals surface area contributed by atoms with Crippen LogP contribution in [0.25, 0.3) is 0 Å². The van der Waals surface area contributed by atoms with Crippen LogP contribution in [-0.2, 0) is 0 Å². The third-order valence-electron chi connectivity index (χ3n) is 1.24. The van der Waals surface area contributed by atoms with Crippen LogP contribution in [0.3, 0.4) is 0 Å². The van der Waals surface area contributed by atoms with E-state index >= 15 is 0 Å². The number of ether oxygens (including phenoxy) is 1. The van der Waals surface area contributed by atoms with Crippen LogP contribution < -0.4 is 10.5 Å². The average molecular weight is 325 g/mol. The quantitative estimate of drug-likeness (QED) is 0.677. The number of alkyl halides is 1. The van der Waals surface area contributed by atoms with Crippen molar-refractivity contribution in [3.63, 3.8) is 0 Å². The topological polar surface area (TPSA) is 35.2 Å². The molecular weight excluding hydrogens is 310 g/mol. The maximum Gasteiger partial charge on any atom is 0.122 e. The summed E-state index contributed by atoms with van der Waals surface area (Å²) in [4.78, 5) is 0. The molecular formula is C10H15Br2NO. The van der Waals surface area contributed by atoms with Crippen molar-refractivity contribution < 1.29 is 4.74 Å². The van der Waals surface area contributed by atoms with Gasteiger partial charge >= 0.3 is 0 Å². The van der Waals surface area contributed by atoms with Gasteiger partial charge in [-0.15, -0.1) is 0 Å². The number of hydrogen-bond donors (Lipinski definition) is 1. The number of halogens is 2. The lowest BCUT2D eigenvalue weighted by molar-refractivity contribution is 0.345. The largest absolute Gasteiger partial charge is 0.493 e. The Morgan fingerprint density at radius 3 is 2.43 bits per heavy atom. The zero-order valence-corrected chi connectivity index (χ0v) is 11.6. The zero-order valence-electron chi connectivity index (χ0n) is 8.39. The van der Waals surface area contributed by atoms with E-state index < -0.39 is 0 Å². The highest BCUT2D eigenvalue weighted by Crippen LogP contribution is 2.22. The number of benzene rings is 1. The maximum atomic E-state index is 5.61. The minimum absolute atomic E-state index is 0.649. The van der Waals surface area contributed by atoms with Gasteiger partial charge in [0.15, 0.2) is 0 Å². The minimum atomic E-state index is 0.649. The summed E-state index contributed by atoms with van der Waals surface area (Å²) in [6.45, 7) is 4.65. The van der Waals surface area contributed by atoms with Crippen LogP contribution in [-0.4, -0.2) is 11.9 Å². The Bertz CT molecular complexity index is 246. The average Bonchev–Trinajstić information content (AvgIpc) is 2.16. The Morgan fingerprint density at radius 2 is 1.93 bits per heavy atom. The molecule has 1 aromatic rings. The van der Waals surface area contributed by atoms with Crippen LogP contribution in [0.4, 0.5) is 5.69 Å². The lowest BCUT2D eigenvalue weighted by atomic mass is 10.3. The number of nitrogens with two attached hydrogens (primary N) is 1. The maximum absolute atomic E-state index is 5.61. The van der Waals surface area contributed by atoms with Crippen LogP contribution in [0.15, 0.2) is 22.7 Å². The first kappa shape index (κ1) is 13.8. The number of hydrogen-bond acceptors (Lipinski definition) is 2. The van der Waals surface area contributed by atoms with E-state index in [0.29, 0.717) is 12.3 Å². The Morgan fingerprint density at radius 1 is 1.29 bits per heavy atom. The molecule has 0 radical (unpaired) electrons. The van der Waals surface area contributed by atoms with E-state index in [1.165, 1.54) is 0 Å². The van der Waals surface area contributed by atoms with E-state index in [-0.39, 0.29) is 0 Å². The lowest BCUT2D eigenvalue weighted by Crippen LogP contribution is -1.98. The highest BCUT2D eigenvalue weighted by atomic mass is 79.9. The fourth-order valence-electron chi connectivity index (χ4n) is 0.824. The first-order valence-electron chi connectivity index (χ1n) is 4.47. The molecule has 0 amide bonds. The zero-order chi connectivity index (χ0) is 11.0. The summed E-state index contributed by atoms with van der Waals surface area (Å²) >= 11 is 6.61. The predicted molar refractivity (Wildman–Crippen MR) is 69.2 cm³/mol. The van der Waals surface area contributed by atoms with E-state index in [1.807, 2.05) is 26.0 Å². The van der Waals surface area contributed by atoms with E-state index in [1.54, 1.807) is 6.07 Å². The normalized spacial score (nSPS) is 8.86. The molecule has 0 atom stereocenters. The molecule has 0 aliphatic rings. The molecule has 4 heteroatoms. The summed E-state index contributed by atoms with van der Waals surface area (Å²) in [6, 6.07) is 5.52. The molecule has 0 aliphatic carbocycles. The highest BCUT2D eigenvalue weighted by molar-refractivity contribution is 9.10. The monoisotopic (exact) mass is 323 g/mol. The number of nitrogen functional groups attached to an aromatic ring is 1. The van der Waals surface area contributed by atoms with Gasteiger partial charge in [0.05, 0.1) is 6.61 Å². The molecule has 0 unspecified atom stereocenters. The van der Waals surface area contributed by atoms with Gasteiger partial charge in [0.25, 0.3) is 0 Å². The summed E-state index contributed by atoms with van der Waals surface area (Å²) in [5, 5.41) is 0.819. The molecule has 0 heterocycles. The van der Waals surface area contributed by atoms with E-state index in [4.69, 9.17) is 10.5 Å². The summed E-state index contributed by atoms with van der Waals surface area (Å²) in [7, 11) is 0. The molecule has 1 aromatic carbocycles. The molecule has 14 heavy (non-hydrogen) atoms. The van der Waals surface area contributed by atoms with E-state index in [0.717, 1.165) is 15.6 Å². The smallest absolute Gasteiger partial charge is 0.122 e. The molecule has 1 rings (SSSR count). The standard InChI is InChI=1S/C8H9Br2NO.C2H6/c9-1-2-12-8-4-6(10)3-7(11)5-8;1-2/h3-5H,1-2,11H2;1-2H3. The molecule has 0 bridgehead atoms. The van der Waals surface area contributed by atoms with Gasteiger partial charge < -0.3 is 10.5 Å². The molecule has 0 aromatic heterocycles. The Hall–Kier alpha value is -0.220. The molecule has 0 fully saturated rings. The van der Waals surface area contributed by atoms with Crippen molar-refractivity contribution in [3.05, 3.63) is 22.7 Å². The second-order valence-corrected chi connectivity index (χ2v) is 3.97. The van der Waals surface area contributed by atoms with Crippen LogP contribution >= 0.6 is 31.9 Å². The van der Waals surface area contributed by atoms with Gasteiger partial charge in [0.2, 0.25) is 0 Å². The lowest BCUT2D eigenvalue weighted by Gasteiger charge is -2.05. The summed E-state index contributed by atoms with van der Waals surface area (Å²) in [5.74, 6) is 0.793. The summed E-state index contributed by atoms with van der Waals surface area (Å²) in [6.07, 6.45) is 0. The number of anilines is 1. The van der Waals surface area contributed by atoms with Gasteiger partial charge in [0.1, 0.15) is 5.75 Å². The van der Waals surface area contributed by atoms with Gasteiger partial charge in [-0.2, -0.15) is 0 Å². The molecule has 2 N–H and O–H groups in total. The first-order valence-corrected chi connectivity index (χ1v) is 6.38. The summed E-state index contributed by atoms with van der Waals surface area (Å²) in [5.41, 5.74) is 6.31. The van der Waals surface area contributed by atoms with Crippen molar-refractivity contribution in [1.29, 1.82) is 0 Å². The Balaban J connectivity index is 0.000000791. The van der Waals surface area contributed by atoms with Crippen LogP contribution in [0.5, 0.6) is 5.75 Å². The van der Waals surface area contributed by atoms with Gasteiger partial charge in [-0.05, 0) is 12.1 Å². The van der Waals surface area contributed by atoms with Crippen molar-refractivity contribution >= 4 is 37.5 Å². The van der Waals surface area contributed by atoms with Crippen LogP contribution in [0.1, 0.15) is 13.8 Å². The van der Waals surface area contributed by atoms with Gasteiger partial charge in [0, 0.05) is 21.6 Å². The number of rotatable bonds is 3. The van der Waals surface area contributed by atoms with Crippen molar-refractivity contribution in [3.8, 4) is 5.75 Å². The third kappa shape index (κ3) is 5.50. The van der Waals surface area contributed by atoms with Gasteiger partial charge in [-0.25, -0.2) is 0 Å². The van der Waals surface area contributed by atoms with E-state index in [2.05, 4.69) is 31.9 Å². The second kappa shape index (κ2) is 8.12. The van der Waals surface area contributed by atoms with Crippen molar-refractivity contribution in [1.82, 2.24) is 0 Å². The summed E-state index contributed by atoms with van der Waals surface area (Å²) < 4.78 is 6.30. The molecule has 80 valence electrons. The third-order valence-corrected chi connectivity index (χ3v) is 2.02. The van der Waals surface area contributed by atoms with Crippen LogP contribution in [0, 0.1) is 0 Å². The fourth-order valence-corrected chi connectivity index (χ4v) is 1.48. The predicted octanol–water partition coefficient (Wildman–Crippen LogP) is 3.83. The SMILES string of the molecule is CC.Nc1cc(Br)cc(OCCBr)c1. The van der Waals surface area contributed by atoms with Crippen molar-refractivity contribution in [2.75, 3.05) is 17.7 Å². The first-order chi connectivity index (χ1) is 6.72. The molecule has 0 aliphatic heterocycles. The van der Waals surface area contributed by atoms with Crippen molar-refractivity contribution in [2.45, 2.75) is 13.8 Å². The second-order valence-electron chi connectivity index (χ2n) is 2.26. The van der Waals surface area contributed by atoms with Gasteiger partial charge in [-0.1, -0.05) is 45.7 Å². The van der Waals surface area contributed by atoms with Crippen molar-refractivity contribution in [2.24, 2.45) is 0 Å². The van der Waals surface area contributed by atoms with Crippen LogP contribution in [0.2, 0.25) is 0 Å². The molecule has 0 saturated carbocycles. The fraction of sp³-hybridized carbons (Fsp3) is 0.400. The molecule has 0 saturated heterocycles. The Labute approximate surface area is 102 Å². The molecule has 0 spiro atoms. The highest BCUT2D eigenvalue weighted by Gasteiger charge is 1.96. The van der Waals surface area contributed by atoms with E-state index in [9.17, 15) is 0 Å². The molecule has 2 nitrogen and oxygen atoms in total. The minimum Gasteiger partial charge on any atom is -0.493 e. The van der Waals surface area contributed by atoms with Gasteiger partial charge in [-0.3, -0.25) is 0 Å².